The second-order valence-electron chi connectivity index (χ2n) is 1.73. The molecule has 5 heteroatoms. The fraction of sp³-hybridized carbons (Fsp3) is 0.333. The molecule has 0 amide bonds. The Kier molecular flexibility index (Phi) is 2.43. The number of nitrogens with zero attached hydrogens (tertiary/aromatic N) is 1. The smallest absolute Gasteiger partial charge is 0.347 e. The lowest BCUT2D eigenvalue weighted by Crippen LogP contribution is -1.90. The van der Waals surface area contributed by atoms with E-state index in [9.17, 15) is 4.79 Å². The molecule has 0 aliphatic carbocycles. The lowest BCUT2D eigenvalue weighted by atomic mass is 10.6. The van der Waals surface area contributed by atoms with Crippen molar-refractivity contribution in [1.29, 1.82) is 0 Å². The van der Waals surface area contributed by atoms with Crippen LogP contribution in [0.2, 0.25) is 0 Å². The number of aromatic carboxylic acids is 1. The molecule has 60 valence electrons. The van der Waals surface area contributed by atoms with Crippen LogP contribution in [0.5, 0.6) is 5.19 Å². The number of aromatic nitrogens is 1. The number of thiazole rings is 1. The van der Waals surface area contributed by atoms with Gasteiger partial charge in [-0.2, -0.15) is 0 Å². The average Bonchev–Trinajstić information content (AvgIpc) is 2.37. The molecule has 0 saturated carbocycles. The predicted octanol–water partition coefficient (Wildman–Crippen LogP) is 1.24. The first kappa shape index (κ1) is 8.00. The van der Waals surface area contributed by atoms with Gasteiger partial charge in [-0.1, -0.05) is 11.3 Å². The molecule has 0 aliphatic heterocycles. The van der Waals surface area contributed by atoms with Crippen LogP contribution in [0.15, 0.2) is 6.20 Å². The topological polar surface area (TPSA) is 59.4 Å². The van der Waals surface area contributed by atoms with E-state index in [0.29, 0.717) is 11.8 Å². The van der Waals surface area contributed by atoms with Gasteiger partial charge in [0.2, 0.25) is 0 Å². The van der Waals surface area contributed by atoms with Crippen molar-refractivity contribution in [3.05, 3.63) is 11.1 Å². The summed E-state index contributed by atoms with van der Waals surface area (Å²) in [6.07, 6.45) is 1.29. The van der Waals surface area contributed by atoms with E-state index in [1.54, 1.807) is 0 Å². The summed E-state index contributed by atoms with van der Waals surface area (Å²) < 4.78 is 4.98. The van der Waals surface area contributed by atoms with Gasteiger partial charge in [0.25, 0.3) is 5.19 Å². The summed E-state index contributed by atoms with van der Waals surface area (Å²) in [5.74, 6) is -0.964. The minimum Gasteiger partial charge on any atom is -0.477 e. The van der Waals surface area contributed by atoms with Gasteiger partial charge >= 0.3 is 5.97 Å². The highest BCUT2D eigenvalue weighted by molar-refractivity contribution is 7.15. The van der Waals surface area contributed by atoms with Crippen molar-refractivity contribution >= 4 is 17.3 Å². The Bertz CT molecular complexity index is 258. The van der Waals surface area contributed by atoms with Crippen LogP contribution in [0.25, 0.3) is 0 Å². The Morgan fingerprint density at radius 3 is 3.09 bits per heavy atom. The van der Waals surface area contributed by atoms with Crippen molar-refractivity contribution in [2.75, 3.05) is 6.61 Å². The second kappa shape index (κ2) is 3.34. The highest BCUT2D eigenvalue weighted by Gasteiger charge is 2.07. The van der Waals surface area contributed by atoms with Crippen LogP contribution in [-0.4, -0.2) is 22.7 Å². The minimum absolute atomic E-state index is 0.202. The number of hydrogen-bond acceptors (Lipinski definition) is 4. The van der Waals surface area contributed by atoms with E-state index in [4.69, 9.17) is 9.84 Å². The molecule has 0 atom stereocenters. The summed E-state index contributed by atoms with van der Waals surface area (Å²) >= 11 is 1.03. The molecule has 0 unspecified atom stereocenters. The van der Waals surface area contributed by atoms with Crippen molar-refractivity contribution in [1.82, 2.24) is 4.98 Å². The maximum atomic E-state index is 10.3. The van der Waals surface area contributed by atoms with E-state index in [2.05, 4.69) is 4.98 Å². The number of hydrogen-bond donors (Lipinski definition) is 1. The molecule has 0 radical (unpaired) electrons. The Labute approximate surface area is 67.5 Å². The van der Waals surface area contributed by atoms with Gasteiger partial charge < -0.3 is 9.84 Å². The number of carbonyl (C=O) groups is 1. The number of carboxylic acid groups (broad SMARTS) is 1. The summed E-state index contributed by atoms with van der Waals surface area (Å²) in [4.78, 5) is 14.3. The molecule has 11 heavy (non-hydrogen) atoms. The minimum atomic E-state index is -0.964. The van der Waals surface area contributed by atoms with Crippen molar-refractivity contribution in [3.8, 4) is 5.19 Å². The van der Waals surface area contributed by atoms with E-state index in [0.717, 1.165) is 11.3 Å². The molecule has 0 fully saturated rings. The maximum Gasteiger partial charge on any atom is 0.347 e. The van der Waals surface area contributed by atoms with Crippen molar-refractivity contribution in [3.63, 3.8) is 0 Å². The Morgan fingerprint density at radius 1 is 1.91 bits per heavy atom. The summed E-state index contributed by atoms with van der Waals surface area (Å²) in [6.45, 7) is 2.33. The summed E-state index contributed by atoms with van der Waals surface area (Å²) in [6, 6.07) is 0. The number of ether oxygens (including phenoxy) is 1. The molecule has 0 bridgehead atoms. The van der Waals surface area contributed by atoms with E-state index < -0.39 is 5.97 Å². The molecule has 1 aromatic heterocycles. The standard InChI is InChI=1S/C6H7NO3S/c1-2-10-6-7-3-4(11-6)5(8)9/h3H,2H2,1H3,(H,8,9). The summed E-state index contributed by atoms with van der Waals surface area (Å²) in [7, 11) is 0. The van der Waals surface area contributed by atoms with Gasteiger partial charge in [0.05, 0.1) is 12.8 Å². The first-order valence-corrected chi connectivity index (χ1v) is 3.87. The fourth-order valence-corrected chi connectivity index (χ4v) is 1.21. The Hall–Kier alpha value is -1.10. The summed E-state index contributed by atoms with van der Waals surface area (Å²) in [5.41, 5.74) is 0. The molecular weight excluding hydrogens is 166 g/mol. The lowest BCUT2D eigenvalue weighted by molar-refractivity contribution is 0.0702. The van der Waals surface area contributed by atoms with E-state index in [1.165, 1.54) is 6.20 Å². The Balaban J connectivity index is 2.73. The molecular formula is C6H7NO3S. The van der Waals surface area contributed by atoms with Crippen LogP contribution in [0, 0.1) is 0 Å². The van der Waals surface area contributed by atoms with Gasteiger partial charge in [0, 0.05) is 0 Å². The Morgan fingerprint density at radius 2 is 2.64 bits per heavy atom. The number of rotatable bonds is 3. The SMILES string of the molecule is CCOc1ncc(C(=O)O)s1. The molecule has 1 heterocycles. The highest BCUT2D eigenvalue weighted by atomic mass is 32.1. The van der Waals surface area contributed by atoms with Crippen LogP contribution in [-0.2, 0) is 0 Å². The van der Waals surface area contributed by atoms with Gasteiger partial charge in [-0.25, -0.2) is 9.78 Å². The first-order chi connectivity index (χ1) is 5.24. The fourth-order valence-electron chi connectivity index (χ4n) is 0.547. The zero-order valence-corrected chi connectivity index (χ0v) is 6.72. The molecule has 1 rings (SSSR count). The van der Waals surface area contributed by atoms with Crippen molar-refractivity contribution in [2.24, 2.45) is 0 Å². The molecule has 0 saturated heterocycles. The third-order valence-corrected chi connectivity index (χ3v) is 1.86. The van der Waals surface area contributed by atoms with Crippen molar-refractivity contribution in [2.45, 2.75) is 6.92 Å². The highest BCUT2D eigenvalue weighted by Crippen LogP contribution is 2.19. The third kappa shape index (κ3) is 1.91. The van der Waals surface area contributed by atoms with Crippen molar-refractivity contribution < 1.29 is 14.6 Å². The molecule has 0 spiro atoms. The monoisotopic (exact) mass is 173 g/mol. The van der Waals surface area contributed by atoms with E-state index in [1.807, 2.05) is 6.92 Å². The van der Waals surface area contributed by atoms with Gasteiger partial charge in [-0.3, -0.25) is 0 Å². The number of carboxylic acids is 1. The zero-order chi connectivity index (χ0) is 8.27. The van der Waals surface area contributed by atoms with Gasteiger partial charge in [-0.15, -0.1) is 0 Å². The molecule has 0 aromatic carbocycles. The zero-order valence-electron chi connectivity index (χ0n) is 5.90. The summed E-state index contributed by atoms with van der Waals surface area (Å²) in [5, 5.41) is 8.89. The van der Waals surface area contributed by atoms with E-state index >= 15 is 0 Å². The average molecular weight is 173 g/mol. The first-order valence-electron chi connectivity index (χ1n) is 3.06. The third-order valence-electron chi connectivity index (χ3n) is 0.963. The predicted molar refractivity (Wildman–Crippen MR) is 40.2 cm³/mol. The maximum absolute atomic E-state index is 10.3. The normalized spacial score (nSPS) is 9.55. The van der Waals surface area contributed by atoms with Gasteiger partial charge in [0.1, 0.15) is 4.88 Å². The molecule has 1 N–H and O–H groups in total. The van der Waals surface area contributed by atoms with Crippen LogP contribution >= 0.6 is 11.3 Å². The molecule has 4 nitrogen and oxygen atoms in total. The van der Waals surface area contributed by atoms with Crippen LogP contribution in [0.3, 0.4) is 0 Å². The lowest BCUT2D eigenvalue weighted by Gasteiger charge is -1.92. The second-order valence-corrected chi connectivity index (χ2v) is 2.72. The quantitative estimate of drug-likeness (QED) is 0.747. The van der Waals surface area contributed by atoms with Gasteiger partial charge in [-0.05, 0) is 6.92 Å². The van der Waals surface area contributed by atoms with Gasteiger partial charge in [0.15, 0.2) is 0 Å². The molecule has 0 aliphatic rings. The van der Waals surface area contributed by atoms with Crippen LogP contribution in [0.1, 0.15) is 16.6 Å². The van der Waals surface area contributed by atoms with E-state index in [-0.39, 0.29) is 4.88 Å². The largest absolute Gasteiger partial charge is 0.477 e. The molecule has 1 aromatic rings. The van der Waals surface area contributed by atoms with Crippen LogP contribution in [0.4, 0.5) is 0 Å². The van der Waals surface area contributed by atoms with Crippen LogP contribution < -0.4 is 4.74 Å².